The lowest BCUT2D eigenvalue weighted by Crippen LogP contribution is -2.30. The molecule has 2 amide bonds. The first kappa shape index (κ1) is 20.3. The van der Waals surface area contributed by atoms with Crippen LogP contribution in [0.4, 0.5) is 17.1 Å². The zero-order valence-electron chi connectivity index (χ0n) is 17.5. The van der Waals surface area contributed by atoms with E-state index in [0.717, 1.165) is 37.4 Å². The number of hydrogen-bond donors (Lipinski definition) is 1. The lowest BCUT2D eigenvalue weighted by atomic mass is 10.1. The van der Waals surface area contributed by atoms with Crippen molar-refractivity contribution in [3.05, 3.63) is 48.5 Å². The Balaban J connectivity index is 1.34. The number of benzene rings is 2. The van der Waals surface area contributed by atoms with E-state index in [1.807, 2.05) is 30.3 Å². The Morgan fingerprint density at radius 3 is 2.43 bits per heavy atom. The first-order valence-electron chi connectivity index (χ1n) is 10.8. The molecule has 1 atom stereocenters. The SMILES string of the molecule is C[C@@H](Oc1cccc(N2CCCC2=O)c1)C(=O)Nc1ccc(N2CCCCC2)cc1. The molecule has 0 radical (unpaired) electrons. The van der Waals surface area contributed by atoms with E-state index >= 15 is 0 Å². The number of carbonyl (C=O) groups excluding carboxylic acids is 2. The number of carbonyl (C=O) groups is 2. The van der Waals surface area contributed by atoms with Crippen molar-refractivity contribution in [2.24, 2.45) is 0 Å². The van der Waals surface area contributed by atoms with E-state index in [1.54, 1.807) is 17.9 Å². The van der Waals surface area contributed by atoms with Gasteiger partial charge in [-0.3, -0.25) is 9.59 Å². The third kappa shape index (κ3) is 4.75. The zero-order chi connectivity index (χ0) is 20.9. The standard InChI is InChI=1S/C24H29N3O3/c1-18(30-22-8-5-7-21(17-22)27-16-6-9-23(27)28)24(29)25-19-10-12-20(13-11-19)26-14-3-2-4-15-26/h5,7-8,10-13,17-18H,2-4,6,9,14-16H2,1H3,(H,25,29)/t18-/m1/s1. The fourth-order valence-corrected chi connectivity index (χ4v) is 4.06. The summed E-state index contributed by atoms with van der Waals surface area (Å²) in [5.74, 6) is 0.504. The Morgan fingerprint density at radius 2 is 1.73 bits per heavy atom. The molecular formula is C24H29N3O3. The fourth-order valence-electron chi connectivity index (χ4n) is 4.06. The molecule has 158 valence electrons. The van der Waals surface area contributed by atoms with Gasteiger partial charge in [-0.2, -0.15) is 0 Å². The van der Waals surface area contributed by atoms with E-state index in [9.17, 15) is 9.59 Å². The van der Waals surface area contributed by atoms with Gasteiger partial charge in [0.2, 0.25) is 5.91 Å². The lowest BCUT2D eigenvalue weighted by molar-refractivity contribution is -0.122. The topological polar surface area (TPSA) is 61.9 Å². The van der Waals surface area contributed by atoms with Crippen molar-refractivity contribution in [2.45, 2.75) is 45.1 Å². The molecule has 2 saturated heterocycles. The van der Waals surface area contributed by atoms with Crippen molar-refractivity contribution < 1.29 is 14.3 Å². The summed E-state index contributed by atoms with van der Waals surface area (Å²) >= 11 is 0. The lowest BCUT2D eigenvalue weighted by Gasteiger charge is -2.28. The number of ether oxygens (including phenoxy) is 1. The van der Waals surface area contributed by atoms with Crippen LogP contribution in [0.5, 0.6) is 5.75 Å². The predicted octanol–water partition coefficient (Wildman–Crippen LogP) is 4.21. The first-order chi connectivity index (χ1) is 14.6. The van der Waals surface area contributed by atoms with Crippen LogP contribution < -0.4 is 19.9 Å². The molecule has 30 heavy (non-hydrogen) atoms. The Hall–Kier alpha value is -3.02. The summed E-state index contributed by atoms with van der Waals surface area (Å²) in [6.07, 6.45) is 4.58. The van der Waals surface area contributed by atoms with Crippen LogP contribution in [-0.2, 0) is 9.59 Å². The van der Waals surface area contributed by atoms with Gasteiger partial charge < -0.3 is 19.9 Å². The van der Waals surface area contributed by atoms with Crippen molar-refractivity contribution in [1.82, 2.24) is 0 Å². The van der Waals surface area contributed by atoms with Crippen LogP contribution in [0.2, 0.25) is 0 Å². The van der Waals surface area contributed by atoms with Crippen molar-refractivity contribution in [3.8, 4) is 5.75 Å². The average molecular weight is 408 g/mol. The Kier molecular flexibility index (Phi) is 6.21. The van der Waals surface area contributed by atoms with Gasteiger partial charge in [-0.25, -0.2) is 0 Å². The van der Waals surface area contributed by atoms with Crippen LogP contribution in [0.3, 0.4) is 0 Å². The molecule has 2 aliphatic heterocycles. The van der Waals surface area contributed by atoms with Crippen LogP contribution in [0.25, 0.3) is 0 Å². The highest BCUT2D eigenvalue weighted by molar-refractivity contribution is 5.96. The Bertz CT molecular complexity index is 891. The third-order valence-corrected chi connectivity index (χ3v) is 5.74. The Labute approximate surface area is 177 Å². The van der Waals surface area contributed by atoms with E-state index in [2.05, 4.69) is 22.3 Å². The van der Waals surface area contributed by atoms with E-state index in [1.165, 1.54) is 24.9 Å². The van der Waals surface area contributed by atoms with Gasteiger partial charge in [0.1, 0.15) is 5.75 Å². The van der Waals surface area contributed by atoms with Gasteiger partial charge in [0, 0.05) is 49.2 Å². The third-order valence-electron chi connectivity index (χ3n) is 5.74. The van der Waals surface area contributed by atoms with Crippen LogP contribution in [-0.4, -0.2) is 37.6 Å². The molecule has 6 nitrogen and oxygen atoms in total. The summed E-state index contributed by atoms with van der Waals surface area (Å²) in [4.78, 5) is 28.7. The summed E-state index contributed by atoms with van der Waals surface area (Å²) in [6, 6.07) is 15.4. The first-order valence-corrected chi connectivity index (χ1v) is 10.8. The second kappa shape index (κ2) is 9.20. The number of amides is 2. The second-order valence-corrected chi connectivity index (χ2v) is 7.99. The zero-order valence-corrected chi connectivity index (χ0v) is 17.5. The largest absolute Gasteiger partial charge is 0.481 e. The van der Waals surface area contributed by atoms with Gasteiger partial charge in [0.05, 0.1) is 0 Å². The van der Waals surface area contributed by atoms with Crippen molar-refractivity contribution in [1.29, 1.82) is 0 Å². The van der Waals surface area contributed by atoms with Crippen LogP contribution >= 0.6 is 0 Å². The molecule has 4 rings (SSSR count). The predicted molar refractivity (Wildman–Crippen MR) is 119 cm³/mol. The second-order valence-electron chi connectivity index (χ2n) is 7.99. The molecular weight excluding hydrogens is 378 g/mol. The highest BCUT2D eigenvalue weighted by Gasteiger charge is 2.22. The minimum atomic E-state index is -0.656. The van der Waals surface area contributed by atoms with Gasteiger partial charge in [-0.15, -0.1) is 0 Å². The molecule has 6 heteroatoms. The van der Waals surface area contributed by atoms with Gasteiger partial charge in [0.25, 0.3) is 5.91 Å². The van der Waals surface area contributed by atoms with Gasteiger partial charge in [0.15, 0.2) is 6.10 Å². The number of rotatable bonds is 6. The molecule has 1 N–H and O–H groups in total. The van der Waals surface area contributed by atoms with Gasteiger partial charge in [-0.05, 0) is 69.0 Å². The number of nitrogens with zero attached hydrogens (tertiary/aromatic N) is 2. The summed E-state index contributed by atoms with van der Waals surface area (Å²) in [5, 5.41) is 2.92. The molecule has 0 bridgehead atoms. The number of nitrogens with one attached hydrogen (secondary N) is 1. The molecule has 2 fully saturated rings. The van der Waals surface area contributed by atoms with Crippen molar-refractivity contribution in [3.63, 3.8) is 0 Å². The maximum Gasteiger partial charge on any atom is 0.265 e. The normalized spacial score (nSPS) is 17.7. The molecule has 0 unspecified atom stereocenters. The van der Waals surface area contributed by atoms with Crippen LogP contribution in [0.15, 0.2) is 48.5 Å². The van der Waals surface area contributed by atoms with Crippen molar-refractivity contribution >= 4 is 28.9 Å². The summed E-state index contributed by atoms with van der Waals surface area (Å²) in [5.41, 5.74) is 2.77. The average Bonchev–Trinajstić information content (AvgIpc) is 3.21. The summed E-state index contributed by atoms with van der Waals surface area (Å²) < 4.78 is 5.84. The van der Waals surface area contributed by atoms with Crippen LogP contribution in [0.1, 0.15) is 39.0 Å². The highest BCUT2D eigenvalue weighted by Crippen LogP contribution is 2.26. The molecule has 0 aliphatic carbocycles. The number of hydrogen-bond acceptors (Lipinski definition) is 4. The fraction of sp³-hybridized carbons (Fsp3) is 0.417. The molecule has 2 aromatic rings. The van der Waals surface area contributed by atoms with E-state index in [-0.39, 0.29) is 11.8 Å². The number of anilines is 3. The smallest absolute Gasteiger partial charge is 0.265 e. The minimum Gasteiger partial charge on any atom is -0.481 e. The van der Waals surface area contributed by atoms with Crippen molar-refractivity contribution in [2.75, 3.05) is 34.8 Å². The maximum atomic E-state index is 12.6. The maximum absolute atomic E-state index is 12.6. The molecule has 2 heterocycles. The highest BCUT2D eigenvalue weighted by atomic mass is 16.5. The summed E-state index contributed by atoms with van der Waals surface area (Å²) in [7, 11) is 0. The molecule has 2 aromatic carbocycles. The summed E-state index contributed by atoms with van der Waals surface area (Å²) in [6.45, 7) is 4.65. The Morgan fingerprint density at radius 1 is 0.967 bits per heavy atom. The van der Waals surface area contributed by atoms with E-state index < -0.39 is 6.10 Å². The number of piperidine rings is 1. The van der Waals surface area contributed by atoms with Gasteiger partial charge >= 0.3 is 0 Å². The van der Waals surface area contributed by atoms with Crippen LogP contribution in [0, 0.1) is 0 Å². The molecule has 0 saturated carbocycles. The van der Waals surface area contributed by atoms with E-state index in [4.69, 9.17) is 4.74 Å². The molecule has 0 spiro atoms. The molecule has 2 aliphatic rings. The van der Waals surface area contributed by atoms with Gasteiger partial charge in [-0.1, -0.05) is 6.07 Å². The molecule has 0 aromatic heterocycles. The minimum absolute atomic E-state index is 0.131. The van der Waals surface area contributed by atoms with E-state index in [0.29, 0.717) is 12.2 Å². The monoisotopic (exact) mass is 407 g/mol. The quantitative estimate of drug-likeness (QED) is 0.779.